The van der Waals surface area contributed by atoms with E-state index in [9.17, 15) is 9.59 Å². The summed E-state index contributed by atoms with van der Waals surface area (Å²) in [5, 5.41) is 0. The van der Waals surface area contributed by atoms with Crippen LogP contribution in [0.5, 0.6) is 5.75 Å². The number of carbonyl (C=O) groups excluding carboxylic acids is 2. The maximum Gasteiger partial charge on any atom is 0.242 e. The van der Waals surface area contributed by atoms with Crippen molar-refractivity contribution in [2.24, 2.45) is 5.92 Å². The van der Waals surface area contributed by atoms with Gasteiger partial charge in [0.1, 0.15) is 5.75 Å². The second-order valence-corrected chi connectivity index (χ2v) is 10.2. The lowest BCUT2D eigenvalue weighted by Gasteiger charge is -2.33. The summed E-state index contributed by atoms with van der Waals surface area (Å²) < 4.78 is 13.1. The Hall–Kier alpha value is -3.58. The first-order valence-electron chi connectivity index (χ1n) is 14.0. The van der Waals surface area contributed by atoms with E-state index >= 15 is 0 Å². The summed E-state index contributed by atoms with van der Waals surface area (Å²) in [4.78, 5) is 30.7. The highest BCUT2D eigenvalue weighted by Gasteiger charge is 2.31. The molecule has 208 valence electrons. The van der Waals surface area contributed by atoms with Crippen LogP contribution < -0.4 is 4.74 Å². The number of rotatable bonds is 15. The molecule has 1 aliphatic rings. The first-order valence-corrected chi connectivity index (χ1v) is 14.0. The van der Waals surface area contributed by atoms with Gasteiger partial charge in [0.25, 0.3) is 0 Å². The number of hydrogen-bond donors (Lipinski definition) is 0. The molecule has 0 unspecified atom stereocenters. The van der Waals surface area contributed by atoms with E-state index in [0.717, 1.165) is 48.3 Å². The van der Waals surface area contributed by atoms with Gasteiger partial charge in [-0.1, -0.05) is 48.9 Å². The van der Waals surface area contributed by atoms with Gasteiger partial charge in [-0.25, -0.2) is 0 Å². The molecule has 39 heavy (non-hydrogen) atoms. The lowest BCUT2D eigenvalue weighted by Crippen LogP contribution is -2.46. The first-order chi connectivity index (χ1) is 19.1. The van der Waals surface area contributed by atoms with Gasteiger partial charge in [-0.15, -0.1) is 0 Å². The Kier molecular flexibility index (Phi) is 10.6. The lowest BCUT2D eigenvalue weighted by molar-refractivity contribution is -0.145. The minimum absolute atomic E-state index is 0.0444. The summed E-state index contributed by atoms with van der Waals surface area (Å²) in [5.41, 5.74) is 3.22. The van der Waals surface area contributed by atoms with Crippen molar-refractivity contribution in [3.63, 3.8) is 0 Å². The summed E-state index contributed by atoms with van der Waals surface area (Å²) in [6.45, 7) is 5.43. The zero-order valence-corrected chi connectivity index (χ0v) is 23.3. The van der Waals surface area contributed by atoms with Crippen LogP contribution in [-0.2, 0) is 34.0 Å². The standard InChI is InChI=1S/C32H41N3O4/c1-3-39-20-10-19-34(32(37)28-14-8-15-28)25-31(36)35(22-26-11-5-4-6-12-26)24-29-16-9-18-33(29)23-27-13-7-17-30(21-27)38-2/h4-7,9,11-13,16-18,21,28H,3,8,10,14-15,19-20,22-25H2,1-2H3. The fraction of sp³-hybridized carbons (Fsp3) is 0.438. The molecule has 1 aliphatic carbocycles. The van der Waals surface area contributed by atoms with Crippen molar-refractivity contribution in [3.05, 3.63) is 89.7 Å². The predicted octanol–water partition coefficient (Wildman–Crippen LogP) is 5.13. The average molecular weight is 532 g/mol. The van der Waals surface area contributed by atoms with E-state index < -0.39 is 0 Å². The number of carbonyl (C=O) groups is 2. The van der Waals surface area contributed by atoms with Crippen LogP contribution in [-0.4, -0.2) is 59.6 Å². The Morgan fingerprint density at radius 1 is 0.949 bits per heavy atom. The summed E-state index contributed by atoms with van der Waals surface area (Å²) in [6.07, 6.45) is 5.68. The van der Waals surface area contributed by atoms with Crippen LogP contribution in [0.15, 0.2) is 72.9 Å². The molecule has 0 N–H and O–H groups in total. The monoisotopic (exact) mass is 531 g/mol. The average Bonchev–Trinajstić information content (AvgIpc) is 3.35. The third-order valence-corrected chi connectivity index (χ3v) is 7.35. The van der Waals surface area contributed by atoms with Crippen molar-refractivity contribution in [2.75, 3.05) is 33.4 Å². The summed E-state index contributed by atoms with van der Waals surface area (Å²) in [7, 11) is 1.67. The van der Waals surface area contributed by atoms with Crippen molar-refractivity contribution in [1.29, 1.82) is 0 Å². The second kappa shape index (κ2) is 14.5. The molecular formula is C32H41N3O4. The molecule has 0 spiro atoms. The molecule has 2 amide bonds. The van der Waals surface area contributed by atoms with Crippen LogP contribution in [0.1, 0.15) is 49.4 Å². The molecule has 1 heterocycles. The number of ether oxygens (including phenoxy) is 2. The van der Waals surface area contributed by atoms with E-state index in [4.69, 9.17) is 9.47 Å². The Labute approximate surface area is 232 Å². The van der Waals surface area contributed by atoms with E-state index in [0.29, 0.717) is 39.4 Å². The van der Waals surface area contributed by atoms with Crippen molar-refractivity contribution in [1.82, 2.24) is 14.4 Å². The summed E-state index contributed by atoms with van der Waals surface area (Å²) in [6, 6.07) is 22.1. The Balaban J connectivity index is 1.51. The normalized spacial score (nSPS) is 13.1. The third-order valence-electron chi connectivity index (χ3n) is 7.35. The molecule has 0 atom stereocenters. The number of aromatic nitrogens is 1. The van der Waals surface area contributed by atoms with E-state index in [1.54, 1.807) is 12.0 Å². The van der Waals surface area contributed by atoms with E-state index in [-0.39, 0.29) is 24.3 Å². The van der Waals surface area contributed by atoms with Gasteiger partial charge in [-0.3, -0.25) is 9.59 Å². The second-order valence-electron chi connectivity index (χ2n) is 10.2. The maximum absolute atomic E-state index is 13.8. The fourth-order valence-corrected chi connectivity index (χ4v) is 4.89. The molecule has 1 saturated carbocycles. The highest BCUT2D eigenvalue weighted by Crippen LogP contribution is 2.28. The fourth-order valence-electron chi connectivity index (χ4n) is 4.89. The molecule has 0 aliphatic heterocycles. The maximum atomic E-state index is 13.8. The molecule has 7 nitrogen and oxygen atoms in total. The van der Waals surface area contributed by atoms with E-state index in [2.05, 4.69) is 16.7 Å². The Morgan fingerprint density at radius 3 is 2.46 bits per heavy atom. The highest BCUT2D eigenvalue weighted by molar-refractivity contribution is 5.86. The third kappa shape index (κ3) is 8.20. The Morgan fingerprint density at radius 2 is 1.74 bits per heavy atom. The molecule has 4 rings (SSSR count). The SMILES string of the molecule is CCOCCCN(CC(=O)N(Cc1ccccc1)Cc1cccn1Cc1cccc(OC)c1)C(=O)C1CCC1. The topological polar surface area (TPSA) is 64.0 Å². The number of hydrogen-bond acceptors (Lipinski definition) is 4. The zero-order chi connectivity index (χ0) is 27.5. The van der Waals surface area contributed by atoms with Gasteiger partial charge in [0.05, 0.1) is 20.2 Å². The van der Waals surface area contributed by atoms with Gasteiger partial charge < -0.3 is 23.8 Å². The largest absolute Gasteiger partial charge is 0.497 e. The highest BCUT2D eigenvalue weighted by atomic mass is 16.5. The van der Waals surface area contributed by atoms with Crippen molar-refractivity contribution in [3.8, 4) is 5.75 Å². The van der Waals surface area contributed by atoms with E-state index in [1.165, 1.54) is 0 Å². The van der Waals surface area contributed by atoms with Crippen LogP contribution in [0, 0.1) is 5.92 Å². The quantitative estimate of drug-likeness (QED) is 0.255. The van der Waals surface area contributed by atoms with Gasteiger partial charge in [-0.05, 0) is 61.6 Å². The summed E-state index contributed by atoms with van der Waals surface area (Å²) >= 11 is 0. The van der Waals surface area contributed by atoms with Crippen LogP contribution in [0.3, 0.4) is 0 Å². The number of nitrogens with zero attached hydrogens (tertiary/aromatic N) is 3. The van der Waals surface area contributed by atoms with Gasteiger partial charge in [0.15, 0.2) is 0 Å². The number of amides is 2. The molecular weight excluding hydrogens is 490 g/mol. The minimum atomic E-state index is -0.0444. The van der Waals surface area contributed by atoms with Crippen molar-refractivity contribution in [2.45, 2.75) is 52.2 Å². The van der Waals surface area contributed by atoms with Gasteiger partial charge in [-0.2, -0.15) is 0 Å². The van der Waals surface area contributed by atoms with E-state index in [1.807, 2.05) is 72.6 Å². The number of methoxy groups -OCH3 is 1. The Bertz CT molecular complexity index is 1190. The molecule has 7 heteroatoms. The zero-order valence-electron chi connectivity index (χ0n) is 23.3. The summed E-state index contributed by atoms with van der Waals surface area (Å²) in [5.74, 6) is 0.930. The van der Waals surface area contributed by atoms with Crippen molar-refractivity contribution >= 4 is 11.8 Å². The molecule has 0 saturated heterocycles. The molecule has 3 aromatic rings. The minimum Gasteiger partial charge on any atom is -0.497 e. The molecule has 1 fully saturated rings. The number of benzene rings is 2. The van der Waals surface area contributed by atoms with Gasteiger partial charge in [0.2, 0.25) is 11.8 Å². The molecule has 0 radical (unpaired) electrons. The molecule has 0 bridgehead atoms. The van der Waals surface area contributed by atoms with Gasteiger partial charge in [0, 0.05) is 50.7 Å². The smallest absolute Gasteiger partial charge is 0.242 e. The molecule has 1 aromatic heterocycles. The van der Waals surface area contributed by atoms with Crippen LogP contribution in [0.25, 0.3) is 0 Å². The van der Waals surface area contributed by atoms with Crippen LogP contribution in [0.4, 0.5) is 0 Å². The van der Waals surface area contributed by atoms with Crippen molar-refractivity contribution < 1.29 is 19.1 Å². The lowest BCUT2D eigenvalue weighted by atomic mass is 9.84. The van der Waals surface area contributed by atoms with Crippen LogP contribution in [0.2, 0.25) is 0 Å². The predicted molar refractivity (Wildman–Crippen MR) is 152 cm³/mol. The van der Waals surface area contributed by atoms with Gasteiger partial charge >= 0.3 is 0 Å². The van der Waals surface area contributed by atoms with Crippen LogP contribution >= 0.6 is 0 Å². The first kappa shape index (κ1) is 28.4. The molecule has 2 aromatic carbocycles.